The Morgan fingerprint density at radius 2 is 1.62 bits per heavy atom. The lowest BCUT2D eigenvalue weighted by Gasteiger charge is -2.35. The number of aryl methyl sites for hydroxylation is 1. The number of nitrogens with zero attached hydrogens (tertiary/aromatic N) is 2. The standard InChI is InChI=1S/C19H24N2O2S/c1-11-2-5-14(24-11)18(22)20-6-8-21(9-7-20)19(23)17-15-12-3-4-13(10-12)16(15)17/h2,5,12-13,15-17H,3-4,6-10H2,1H3/t12-,13-,15-,16+,17?/m0/s1. The Morgan fingerprint density at radius 1 is 1.00 bits per heavy atom. The average Bonchev–Trinajstić information content (AvgIpc) is 2.94. The van der Waals surface area contributed by atoms with Crippen molar-refractivity contribution in [2.24, 2.45) is 29.6 Å². The number of carbonyl (C=O) groups excluding carboxylic acids is 2. The van der Waals surface area contributed by atoms with Gasteiger partial charge in [0.15, 0.2) is 0 Å². The highest BCUT2D eigenvalue weighted by molar-refractivity contribution is 7.13. The van der Waals surface area contributed by atoms with Gasteiger partial charge in [0.2, 0.25) is 5.91 Å². The molecule has 1 saturated heterocycles. The van der Waals surface area contributed by atoms with Gasteiger partial charge >= 0.3 is 0 Å². The number of rotatable bonds is 2. The fraction of sp³-hybridized carbons (Fsp3) is 0.684. The summed E-state index contributed by atoms with van der Waals surface area (Å²) in [6.45, 7) is 4.80. The van der Waals surface area contributed by atoms with Gasteiger partial charge < -0.3 is 9.80 Å². The van der Waals surface area contributed by atoms with Gasteiger partial charge in [-0.3, -0.25) is 9.59 Å². The van der Waals surface area contributed by atoms with Crippen LogP contribution in [0.5, 0.6) is 0 Å². The van der Waals surface area contributed by atoms with E-state index in [0.29, 0.717) is 49.8 Å². The molecule has 0 aromatic carbocycles. The Morgan fingerprint density at radius 3 is 2.21 bits per heavy atom. The summed E-state index contributed by atoms with van der Waals surface area (Å²) < 4.78 is 0. The SMILES string of the molecule is Cc1ccc(C(=O)N2CCN(C(=O)C3[C@@H]4[C@H]5CC[C@@H](C5)[C@H]34)CC2)s1. The Bertz CT molecular complexity index is 675. The summed E-state index contributed by atoms with van der Waals surface area (Å²) in [5.41, 5.74) is 0. The first-order valence-electron chi connectivity index (χ1n) is 9.28. The van der Waals surface area contributed by atoms with Crippen molar-refractivity contribution >= 4 is 23.2 Å². The second kappa shape index (κ2) is 5.32. The molecule has 0 N–H and O–H groups in total. The molecular formula is C19H24N2O2S. The van der Waals surface area contributed by atoms with Crippen LogP contribution in [-0.2, 0) is 4.79 Å². The van der Waals surface area contributed by atoms with Crippen LogP contribution in [0.1, 0.15) is 33.8 Å². The van der Waals surface area contributed by atoms with Crippen LogP contribution in [0, 0.1) is 36.5 Å². The van der Waals surface area contributed by atoms with E-state index in [1.54, 1.807) is 11.3 Å². The van der Waals surface area contributed by atoms with E-state index in [-0.39, 0.29) is 5.91 Å². The third kappa shape index (κ3) is 2.17. The Kier molecular flexibility index (Phi) is 3.31. The van der Waals surface area contributed by atoms with E-state index >= 15 is 0 Å². The first-order valence-corrected chi connectivity index (χ1v) is 10.1. The second-order valence-corrected chi connectivity index (χ2v) is 9.33. The van der Waals surface area contributed by atoms with Gasteiger partial charge in [0.1, 0.15) is 0 Å². The summed E-state index contributed by atoms with van der Waals surface area (Å²) >= 11 is 1.56. The first-order chi connectivity index (χ1) is 11.6. The predicted molar refractivity (Wildman–Crippen MR) is 92.8 cm³/mol. The van der Waals surface area contributed by atoms with Crippen LogP contribution < -0.4 is 0 Å². The van der Waals surface area contributed by atoms with Crippen molar-refractivity contribution in [3.63, 3.8) is 0 Å². The molecule has 3 saturated carbocycles. The van der Waals surface area contributed by atoms with Crippen LogP contribution in [0.25, 0.3) is 0 Å². The largest absolute Gasteiger partial charge is 0.339 e. The van der Waals surface area contributed by atoms with Crippen molar-refractivity contribution in [1.82, 2.24) is 9.80 Å². The van der Waals surface area contributed by atoms with Crippen LogP contribution in [0.3, 0.4) is 0 Å². The molecule has 5 heteroatoms. The minimum atomic E-state index is 0.126. The molecule has 5 rings (SSSR count). The van der Waals surface area contributed by atoms with E-state index in [0.717, 1.165) is 16.7 Å². The van der Waals surface area contributed by atoms with Gasteiger partial charge in [-0.2, -0.15) is 0 Å². The second-order valence-electron chi connectivity index (χ2n) is 8.04. The number of carbonyl (C=O) groups is 2. The molecule has 3 aliphatic carbocycles. The highest BCUT2D eigenvalue weighted by Gasteiger charge is 2.68. The van der Waals surface area contributed by atoms with Crippen molar-refractivity contribution in [2.45, 2.75) is 26.2 Å². The van der Waals surface area contributed by atoms with E-state index in [4.69, 9.17) is 0 Å². The average molecular weight is 344 g/mol. The maximum Gasteiger partial charge on any atom is 0.264 e. The molecule has 1 unspecified atom stereocenters. The van der Waals surface area contributed by atoms with Crippen molar-refractivity contribution in [1.29, 1.82) is 0 Å². The lowest BCUT2D eigenvalue weighted by atomic mass is 10.0. The molecule has 2 bridgehead atoms. The molecule has 0 spiro atoms. The summed E-state index contributed by atoms with van der Waals surface area (Å²) in [7, 11) is 0. The zero-order valence-corrected chi connectivity index (χ0v) is 14.9. The maximum absolute atomic E-state index is 12.9. The number of amides is 2. The number of hydrogen-bond donors (Lipinski definition) is 0. The van der Waals surface area contributed by atoms with Gasteiger partial charge in [0.25, 0.3) is 5.91 Å². The summed E-state index contributed by atoms with van der Waals surface area (Å²) in [5, 5.41) is 0. The maximum atomic E-state index is 12.9. The van der Waals surface area contributed by atoms with Gasteiger partial charge in [0, 0.05) is 37.0 Å². The van der Waals surface area contributed by atoms with Gasteiger partial charge in [-0.15, -0.1) is 11.3 Å². The molecule has 24 heavy (non-hydrogen) atoms. The third-order valence-corrected chi connectivity index (χ3v) is 7.84. The zero-order chi connectivity index (χ0) is 16.4. The quantitative estimate of drug-likeness (QED) is 0.827. The summed E-state index contributed by atoms with van der Waals surface area (Å²) in [6.07, 6.45) is 4.11. The number of piperazine rings is 1. The molecule has 2 amide bonds. The molecule has 1 aliphatic heterocycles. The molecule has 0 radical (unpaired) electrons. The topological polar surface area (TPSA) is 40.6 Å². The van der Waals surface area contributed by atoms with E-state index in [1.165, 1.54) is 24.1 Å². The normalized spacial score (nSPS) is 36.8. The summed E-state index contributed by atoms with van der Waals surface area (Å²) in [5.74, 6) is 3.97. The van der Waals surface area contributed by atoms with Crippen LogP contribution in [0.2, 0.25) is 0 Å². The molecule has 1 aromatic heterocycles. The lowest BCUT2D eigenvalue weighted by Crippen LogP contribution is -2.51. The van der Waals surface area contributed by atoms with Crippen molar-refractivity contribution in [3.05, 3.63) is 21.9 Å². The highest BCUT2D eigenvalue weighted by Crippen LogP contribution is 2.69. The van der Waals surface area contributed by atoms with Crippen molar-refractivity contribution in [2.75, 3.05) is 26.2 Å². The van der Waals surface area contributed by atoms with Gasteiger partial charge in [-0.25, -0.2) is 0 Å². The van der Waals surface area contributed by atoms with Gasteiger partial charge in [0.05, 0.1) is 4.88 Å². The molecular weight excluding hydrogens is 320 g/mol. The van der Waals surface area contributed by atoms with Gasteiger partial charge in [-0.1, -0.05) is 0 Å². The highest BCUT2D eigenvalue weighted by atomic mass is 32.1. The molecule has 2 heterocycles. The lowest BCUT2D eigenvalue weighted by molar-refractivity contribution is -0.135. The summed E-state index contributed by atoms with van der Waals surface area (Å²) in [4.78, 5) is 31.3. The van der Waals surface area contributed by atoms with Crippen molar-refractivity contribution in [3.8, 4) is 0 Å². The molecule has 4 aliphatic rings. The zero-order valence-electron chi connectivity index (χ0n) is 14.1. The minimum absolute atomic E-state index is 0.126. The smallest absolute Gasteiger partial charge is 0.264 e. The van der Waals surface area contributed by atoms with Crippen LogP contribution in [0.15, 0.2) is 12.1 Å². The van der Waals surface area contributed by atoms with E-state index in [2.05, 4.69) is 0 Å². The fourth-order valence-electron chi connectivity index (χ4n) is 5.70. The predicted octanol–water partition coefficient (Wildman–Crippen LogP) is 2.63. The first kappa shape index (κ1) is 14.9. The fourth-order valence-corrected chi connectivity index (χ4v) is 6.54. The van der Waals surface area contributed by atoms with E-state index < -0.39 is 0 Å². The van der Waals surface area contributed by atoms with Crippen LogP contribution in [-0.4, -0.2) is 47.8 Å². The number of thiophene rings is 1. The van der Waals surface area contributed by atoms with Crippen molar-refractivity contribution < 1.29 is 9.59 Å². The number of hydrogen-bond acceptors (Lipinski definition) is 3. The minimum Gasteiger partial charge on any atom is -0.339 e. The van der Waals surface area contributed by atoms with E-state index in [1.807, 2.05) is 28.9 Å². The Balaban J connectivity index is 1.19. The van der Waals surface area contributed by atoms with Crippen LogP contribution >= 0.6 is 11.3 Å². The van der Waals surface area contributed by atoms with E-state index in [9.17, 15) is 9.59 Å². The number of fused-ring (bicyclic) bond motifs is 5. The molecule has 128 valence electrons. The Hall–Kier alpha value is -1.36. The molecule has 4 fully saturated rings. The molecule has 5 atom stereocenters. The monoisotopic (exact) mass is 344 g/mol. The third-order valence-electron chi connectivity index (χ3n) is 6.85. The van der Waals surface area contributed by atoms with Crippen LogP contribution in [0.4, 0.5) is 0 Å². The molecule has 1 aromatic rings. The van der Waals surface area contributed by atoms with Gasteiger partial charge in [-0.05, 0) is 62.0 Å². The summed E-state index contributed by atoms with van der Waals surface area (Å²) in [6, 6.07) is 3.92. The molecule has 4 nitrogen and oxygen atoms in total. The Labute approximate surface area is 146 Å².